The van der Waals surface area contributed by atoms with Crippen molar-refractivity contribution in [2.45, 2.75) is 0 Å². The molecule has 9 aromatic carbocycles. The van der Waals surface area contributed by atoms with Crippen LogP contribution in [0.2, 0.25) is 0 Å². The number of rotatable bonds is 6. The summed E-state index contributed by atoms with van der Waals surface area (Å²) >= 11 is 1.80. The zero-order valence-electron chi connectivity index (χ0n) is 33.9. The van der Waals surface area contributed by atoms with Crippen LogP contribution in [0.25, 0.3) is 120 Å². The van der Waals surface area contributed by atoms with Gasteiger partial charge in [-0.15, -0.1) is 11.3 Å². The fourth-order valence-electron chi connectivity index (χ4n) is 9.55. The van der Waals surface area contributed by atoms with Gasteiger partial charge in [0.25, 0.3) is 0 Å². The number of para-hydroxylation sites is 4. The van der Waals surface area contributed by atoms with Crippen molar-refractivity contribution in [3.63, 3.8) is 0 Å². The lowest BCUT2D eigenvalue weighted by molar-refractivity contribution is 1.07. The molecule has 0 spiro atoms. The van der Waals surface area contributed by atoms with Gasteiger partial charge in [-0.2, -0.15) is 0 Å². The molecule has 4 aromatic heterocycles. The summed E-state index contributed by atoms with van der Waals surface area (Å²) in [6.07, 6.45) is 0. The van der Waals surface area contributed by atoms with E-state index in [4.69, 9.17) is 15.0 Å². The van der Waals surface area contributed by atoms with Gasteiger partial charge in [0.15, 0.2) is 17.5 Å². The Morgan fingerprint density at radius 3 is 1.48 bits per heavy atom. The van der Waals surface area contributed by atoms with Crippen LogP contribution in [-0.4, -0.2) is 24.1 Å². The van der Waals surface area contributed by atoms with E-state index in [2.05, 4.69) is 203 Å². The number of benzene rings is 9. The van der Waals surface area contributed by atoms with Crippen molar-refractivity contribution in [1.29, 1.82) is 0 Å². The second-order valence-electron chi connectivity index (χ2n) is 16.0. The zero-order valence-corrected chi connectivity index (χ0v) is 34.7. The van der Waals surface area contributed by atoms with E-state index in [0.29, 0.717) is 17.5 Å². The van der Waals surface area contributed by atoms with Crippen LogP contribution in [0.3, 0.4) is 0 Å². The van der Waals surface area contributed by atoms with Crippen LogP contribution in [0.5, 0.6) is 0 Å². The van der Waals surface area contributed by atoms with Gasteiger partial charge >= 0.3 is 0 Å². The molecule has 4 heterocycles. The molecule has 6 heteroatoms. The molecule has 0 aliphatic carbocycles. The highest BCUT2D eigenvalue weighted by Gasteiger charge is 2.23. The SMILES string of the molecule is c1ccc(-c2nc(-c3ccc(-c4ccccc4)c(-n4c5ccccc5c5cccc(-n6c7ccccc7c7ccccc76)c54)c3)nc(-c3ccc4c(c3)sc3ccccc34)n2)cc1. The third kappa shape index (κ3) is 5.66. The molecule has 0 amide bonds. The number of nitrogens with zero attached hydrogens (tertiary/aromatic N) is 5. The first-order valence-corrected chi connectivity index (χ1v) is 22.0. The van der Waals surface area contributed by atoms with Gasteiger partial charge in [-0.05, 0) is 48.0 Å². The van der Waals surface area contributed by atoms with Gasteiger partial charge in [-0.1, -0.05) is 170 Å². The lowest BCUT2D eigenvalue weighted by Crippen LogP contribution is -2.04. The predicted octanol–water partition coefficient (Wildman–Crippen LogP) is 15.1. The first-order chi connectivity index (χ1) is 31.2. The second-order valence-corrected chi connectivity index (χ2v) is 17.1. The van der Waals surface area contributed by atoms with Gasteiger partial charge in [0.1, 0.15) is 0 Å². The van der Waals surface area contributed by atoms with Crippen molar-refractivity contribution in [2.24, 2.45) is 0 Å². The Balaban J connectivity index is 1.09. The summed E-state index contributed by atoms with van der Waals surface area (Å²) in [7, 11) is 0. The molecule has 0 saturated carbocycles. The molecular formula is C57H35N5S. The molecule has 0 fully saturated rings. The molecule has 0 aliphatic heterocycles. The topological polar surface area (TPSA) is 48.5 Å². The van der Waals surface area contributed by atoms with Gasteiger partial charge < -0.3 is 9.13 Å². The van der Waals surface area contributed by atoms with E-state index in [0.717, 1.165) is 50.2 Å². The minimum atomic E-state index is 0.611. The maximum absolute atomic E-state index is 5.31. The quantitative estimate of drug-likeness (QED) is 0.168. The van der Waals surface area contributed by atoms with Gasteiger partial charge in [-0.3, -0.25) is 0 Å². The second kappa shape index (κ2) is 14.2. The summed E-state index contributed by atoms with van der Waals surface area (Å²) < 4.78 is 7.37. The van der Waals surface area contributed by atoms with Crippen molar-refractivity contribution in [2.75, 3.05) is 0 Å². The molecule has 0 unspecified atom stereocenters. The molecule has 0 radical (unpaired) electrons. The summed E-state index contributed by atoms with van der Waals surface area (Å²) in [5, 5.41) is 7.33. The van der Waals surface area contributed by atoms with Gasteiger partial charge in [0.05, 0.1) is 33.4 Å². The summed E-state index contributed by atoms with van der Waals surface area (Å²) in [4.78, 5) is 15.7. The lowest BCUT2D eigenvalue weighted by Gasteiger charge is -2.18. The average Bonchev–Trinajstić information content (AvgIpc) is 4.02. The Hall–Kier alpha value is -8.19. The molecule has 294 valence electrons. The number of hydrogen-bond acceptors (Lipinski definition) is 4. The number of hydrogen-bond donors (Lipinski definition) is 0. The highest BCUT2D eigenvalue weighted by atomic mass is 32.1. The molecule has 63 heavy (non-hydrogen) atoms. The Morgan fingerprint density at radius 2 is 0.794 bits per heavy atom. The summed E-state index contributed by atoms with van der Waals surface area (Å²) in [6, 6.07) is 75.7. The third-order valence-electron chi connectivity index (χ3n) is 12.4. The average molecular weight is 822 g/mol. The molecule has 13 aromatic rings. The summed E-state index contributed by atoms with van der Waals surface area (Å²) in [5.41, 5.74) is 11.7. The minimum Gasteiger partial charge on any atom is -0.307 e. The van der Waals surface area contributed by atoms with E-state index >= 15 is 0 Å². The fourth-order valence-corrected chi connectivity index (χ4v) is 10.7. The van der Waals surface area contributed by atoms with E-state index in [-0.39, 0.29) is 0 Å². The largest absolute Gasteiger partial charge is 0.307 e. The van der Waals surface area contributed by atoms with Gasteiger partial charge in [0, 0.05) is 64.0 Å². The van der Waals surface area contributed by atoms with E-state index in [9.17, 15) is 0 Å². The molecule has 5 nitrogen and oxygen atoms in total. The van der Waals surface area contributed by atoms with E-state index in [1.165, 1.54) is 52.8 Å². The van der Waals surface area contributed by atoms with Crippen molar-refractivity contribution in [1.82, 2.24) is 24.1 Å². The Bertz CT molecular complexity index is 3860. The highest BCUT2D eigenvalue weighted by Crippen LogP contribution is 2.43. The van der Waals surface area contributed by atoms with Crippen LogP contribution >= 0.6 is 11.3 Å². The van der Waals surface area contributed by atoms with E-state index in [1.807, 2.05) is 18.2 Å². The molecule has 0 N–H and O–H groups in total. The van der Waals surface area contributed by atoms with Crippen LogP contribution in [0, 0.1) is 0 Å². The molecule has 0 saturated heterocycles. The van der Waals surface area contributed by atoms with Crippen molar-refractivity contribution in [3.05, 3.63) is 212 Å². The summed E-state index contributed by atoms with van der Waals surface area (Å²) in [6.45, 7) is 0. The number of thiophene rings is 1. The first-order valence-electron chi connectivity index (χ1n) is 21.2. The van der Waals surface area contributed by atoms with Gasteiger partial charge in [-0.25, -0.2) is 15.0 Å². The Labute approximate surface area is 366 Å². The smallest absolute Gasteiger partial charge is 0.164 e. The zero-order chi connectivity index (χ0) is 41.4. The molecular weight excluding hydrogens is 787 g/mol. The van der Waals surface area contributed by atoms with Crippen LogP contribution in [-0.2, 0) is 0 Å². The third-order valence-corrected chi connectivity index (χ3v) is 13.5. The Morgan fingerprint density at radius 1 is 0.302 bits per heavy atom. The van der Waals surface area contributed by atoms with Crippen LogP contribution in [0.15, 0.2) is 212 Å². The fraction of sp³-hybridized carbons (Fsp3) is 0. The standard InChI is InChI=1S/C57H35N5S/c1-3-16-36(17-4-1)40-32-30-38(56-58-55(37-18-5-2-6-19-37)59-57(60-56)39-31-33-45-44-23-10-14-29-52(44)63-53(45)35-39)34-51(40)62-49-27-13-9-22-43(49)46-24-15-28-50(54(46)62)61-47-25-11-7-20-41(47)42-21-8-12-26-48(42)61/h1-35H. The van der Waals surface area contributed by atoms with E-state index < -0.39 is 0 Å². The van der Waals surface area contributed by atoms with Crippen molar-refractivity contribution in [3.8, 4) is 56.7 Å². The van der Waals surface area contributed by atoms with Crippen molar-refractivity contribution >= 4 is 75.1 Å². The maximum Gasteiger partial charge on any atom is 0.164 e. The first kappa shape index (κ1) is 35.6. The number of aromatic nitrogens is 5. The minimum absolute atomic E-state index is 0.611. The molecule has 0 atom stereocenters. The molecule has 13 rings (SSSR count). The molecule has 0 aliphatic rings. The maximum atomic E-state index is 5.31. The number of fused-ring (bicyclic) bond motifs is 9. The summed E-state index contributed by atoms with van der Waals surface area (Å²) in [5.74, 6) is 1.88. The highest BCUT2D eigenvalue weighted by molar-refractivity contribution is 7.25. The monoisotopic (exact) mass is 821 g/mol. The van der Waals surface area contributed by atoms with E-state index in [1.54, 1.807) is 11.3 Å². The van der Waals surface area contributed by atoms with Gasteiger partial charge in [0.2, 0.25) is 0 Å². The lowest BCUT2D eigenvalue weighted by atomic mass is 10.0. The van der Waals surface area contributed by atoms with Crippen LogP contribution in [0.1, 0.15) is 0 Å². The normalized spacial score (nSPS) is 11.8. The Kier molecular flexibility index (Phi) is 8.01. The molecule has 0 bridgehead atoms. The van der Waals surface area contributed by atoms with Crippen LogP contribution in [0.4, 0.5) is 0 Å². The predicted molar refractivity (Wildman–Crippen MR) is 263 cm³/mol. The van der Waals surface area contributed by atoms with Crippen LogP contribution < -0.4 is 0 Å². The van der Waals surface area contributed by atoms with Crippen molar-refractivity contribution < 1.29 is 0 Å².